The molecule has 0 spiro atoms. The Kier molecular flexibility index (Phi) is 5.96. The third kappa shape index (κ3) is 3.63. The van der Waals surface area contributed by atoms with Crippen LogP contribution in [0.2, 0.25) is 0 Å². The van der Waals surface area contributed by atoms with Gasteiger partial charge in [-0.15, -0.1) is 0 Å². The van der Waals surface area contributed by atoms with Gasteiger partial charge in [0.15, 0.2) is 0 Å². The number of likely N-dealkylation sites (N-methyl/N-ethyl adjacent to an activating group) is 1. The Hall–Kier alpha value is -1.89. The van der Waals surface area contributed by atoms with Crippen LogP contribution in [0.25, 0.3) is 11.0 Å². The summed E-state index contributed by atoms with van der Waals surface area (Å²) in [5, 5.41) is 4.36. The van der Waals surface area contributed by atoms with E-state index >= 15 is 0 Å². The molecule has 0 amide bonds. The number of fused-ring (bicyclic) bond motifs is 3. The minimum absolute atomic E-state index is 0.182. The summed E-state index contributed by atoms with van der Waals surface area (Å²) in [6.07, 6.45) is 0.894. The monoisotopic (exact) mass is 359 g/mol. The van der Waals surface area contributed by atoms with Crippen molar-refractivity contribution >= 4 is 16.7 Å². The lowest BCUT2D eigenvalue weighted by Gasteiger charge is -2.35. The topological polar surface area (TPSA) is 58.0 Å². The molecule has 1 aromatic heterocycles. The zero-order valence-electron chi connectivity index (χ0n) is 16.2. The van der Waals surface area contributed by atoms with E-state index < -0.39 is 0 Å². The van der Waals surface area contributed by atoms with Gasteiger partial charge in [-0.1, -0.05) is 0 Å². The normalized spacial score (nSPS) is 17.6. The van der Waals surface area contributed by atoms with Crippen molar-refractivity contribution in [3.8, 4) is 0 Å². The number of hydrogen-bond acceptors (Lipinski definition) is 6. The van der Waals surface area contributed by atoms with Crippen LogP contribution in [0.5, 0.6) is 0 Å². The number of ether oxygens (including phenoxy) is 1. The Bertz CT molecular complexity index is 823. The average Bonchev–Trinajstić information content (AvgIpc) is 2.65. The first kappa shape index (κ1) is 18.9. The van der Waals surface area contributed by atoms with Crippen LogP contribution in [0.3, 0.4) is 0 Å². The quantitative estimate of drug-likeness (QED) is 0.783. The molecule has 2 aromatic rings. The van der Waals surface area contributed by atoms with Gasteiger partial charge in [0.25, 0.3) is 0 Å². The smallest absolute Gasteiger partial charge is 0.341 e. The van der Waals surface area contributed by atoms with Crippen molar-refractivity contribution in [1.29, 1.82) is 0 Å². The maximum atomic E-state index is 12.3. The molecule has 2 aliphatic heterocycles. The second-order valence-electron chi connectivity index (χ2n) is 7.06. The number of piperazine rings is 1. The zero-order valence-corrected chi connectivity index (χ0v) is 16.2. The molecule has 0 atom stereocenters. The van der Waals surface area contributed by atoms with E-state index in [1.807, 2.05) is 0 Å². The highest BCUT2D eigenvalue weighted by Crippen LogP contribution is 2.31. The Balaban J connectivity index is 0.000000613. The van der Waals surface area contributed by atoms with Crippen LogP contribution in [-0.4, -0.2) is 58.9 Å². The molecular weight excluding hydrogens is 330 g/mol. The van der Waals surface area contributed by atoms with Gasteiger partial charge in [0.1, 0.15) is 5.58 Å². The molecule has 4 rings (SSSR count). The highest BCUT2D eigenvalue weighted by molar-refractivity contribution is 5.88. The molecule has 0 unspecified atom stereocenters. The summed E-state index contributed by atoms with van der Waals surface area (Å²) >= 11 is 0. The average molecular weight is 359 g/mol. The van der Waals surface area contributed by atoms with E-state index in [-0.39, 0.29) is 5.63 Å². The van der Waals surface area contributed by atoms with Gasteiger partial charge in [-0.25, -0.2) is 4.79 Å². The van der Waals surface area contributed by atoms with Gasteiger partial charge in [-0.3, -0.25) is 0 Å². The summed E-state index contributed by atoms with van der Waals surface area (Å²) in [6.45, 7) is 7.78. The van der Waals surface area contributed by atoms with Crippen LogP contribution >= 0.6 is 0 Å². The number of nitrogens with one attached hydrogen (secondary N) is 1. The van der Waals surface area contributed by atoms with Crippen molar-refractivity contribution in [3.63, 3.8) is 0 Å². The number of aryl methyl sites for hydroxylation is 1. The summed E-state index contributed by atoms with van der Waals surface area (Å²) in [4.78, 5) is 17.1. The molecule has 1 fully saturated rings. The minimum Gasteiger partial charge on any atom is -0.422 e. The van der Waals surface area contributed by atoms with E-state index in [1.54, 1.807) is 14.2 Å². The van der Waals surface area contributed by atoms with Crippen molar-refractivity contribution in [2.24, 2.45) is 0 Å². The SMILES string of the molecule is COC.Cc1c(N2CCN(C)CC2)ccc2c3c(c(=O)oc12)CNCC3. The summed E-state index contributed by atoms with van der Waals surface area (Å²) in [6, 6.07) is 4.34. The number of hydrogen-bond donors (Lipinski definition) is 1. The largest absolute Gasteiger partial charge is 0.422 e. The van der Waals surface area contributed by atoms with Crippen molar-refractivity contribution in [1.82, 2.24) is 10.2 Å². The van der Waals surface area contributed by atoms with Crippen LogP contribution in [0.1, 0.15) is 16.7 Å². The highest BCUT2D eigenvalue weighted by Gasteiger charge is 2.22. The lowest BCUT2D eigenvalue weighted by molar-refractivity contribution is 0.277. The first-order valence-corrected chi connectivity index (χ1v) is 9.19. The fourth-order valence-corrected chi connectivity index (χ4v) is 3.77. The van der Waals surface area contributed by atoms with Gasteiger partial charge >= 0.3 is 5.63 Å². The summed E-state index contributed by atoms with van der Waals surface area (Å²) in [7, 11) is 5.41. The summed E-state index contributed by atoms with van der Waals surface area (Å²) in [5.74, 6) is 0. The van der Waals surface area contributed by atoms with E-state index in [1.165, 1.54) is 11.3 Å². The van der Waals surface area contributed by atoms with Gasteiger partial charge in [0.05, 0.1) is 5.56 Å². The lowest BCUT2D eigenvalue weighted by atomic mass is 9.96. The predicted octanol–water partition coefficient (Wildman–Crippen LogP) is 1.76. The Morgan fingerprint density at radius 2 is 1.81 bits per heavy atom. The Morgan fingerprint density at radius 1 is 1.12 bits per heavy atom. The maximum absolute atomic E-state index is 12.3. The summed E-state index contributed by atoms with van der Waals surface area (Å²) < 4.78 is 9.96. The fourth-order valence-electron chi connectivity index (χ4n) is 3.77. The fraction of sp³-hybridized carbons (Fsp3) is 0.550. The number of rotatable bonds is 1. The highest BCUT2D eigenvalue weighted by atomic mass is 16.4. The van der Waals surface area contributed by atoms with Crippen LogP contribution < -0.4 is 15.8 Å². The number of nitrogens with zero attached hydrogens (tertiary/aromatic N) is 2. The lowest BCUT2D eigenvalue weighted by Crippen LogP contribution is -2.44. The number of anilines is 1. The third-order valence-electron chi connectivity index (χ3n) is 5.21. The number of benzene rings is 1. The van der Waals surface area contributed by atoms with Crippen molar-refractivity contribution in [3.05, 3.63) is 39.2 Å². The molecule has 2 aliphatic rings. The maximum Gasteiger partial charge on any atom is 0.341 e. The molecule has 1 saturated heterocycles. The zero-order chi connectivity index (χ0) is 18.7. The predicted molar refractivity (Wildman–Crippen MR) is 105 cm³/mol. The molecule has 26 heavy (non-hydrogen) atoms. The second kappa shape index (κ2) is 8.20. The molecule has 1 N–H and O–H groups in total. The van der Waals surface area contributed by atoms with Crippen molar-refractivity contribution < 1.29 is 9.15 Å². The van der Waals surface area contributed by atoms with E-state index in [4.69, 9.17) is 4.42 Å². The van der Waals surface area contributed by atoms with Crippen LogP contribution in [0.15, 0.2) is 21.3 Å². The molecule has 3 heterocycles. The van der Waals surface area contributed by atoms with Gasteiger partial charge in [-0.05, 0) is 44.6 Å². The molecule has 0 saturated carbocycles. The molecule has 6 nitrogen and oxygen atoms in total. The van der Waals surface area contributed by atoms with Crippen LogP contribution in [-0.2, 0) is 17.7 Å². The Labute approximate surface area is 154 Å². The van der Waals surface area contributed by atoms with Gasteiger partial charge < -0.3 is 24.3 Å². The molecule has 0 aliphatic carbocycles. The Morgan fingerprint density at radius 3 is 2.50 bits per heavy atom. The van der Waals surface area contributed by atoms with E-state index in [2.05, 4.69) is 46.0 Å². The summed E-state index contributed by atoms with van der Waals surface area (Å²) in [5.41, 5.74) is 4.84. The van der Waals surface area contributed by atoms with Gasteiger partial charge in [0.2, 0.25) is 0 Å². The van der Waals surface area contributed by atoms with Crippen LogP contribution in [0.4, 0.5) is 5.69 Å². The first-order valence-electron chi connectivity index (χ1n) is 9.19. The van der Waals surface area contributed by atoms with Crippen LogP contribution in [0, 0.1) is 6.92 Å². The van der Waals surface area contributed by atoms with E-state index in [0.29, 0.717) is 6.54 Å². The van der Waals surface area contributed by atoms with E-state index in [0.717, 1.165) is 61.2 Å². The molecule has 6 heteroatoms. The first-order chi connectivity index (χ1) is 12.6. The molecule has 0 bridgehead atoms. The van der Waals surface area contributed by atoms with Crippen molar-refractivity contribution in [2.45, 2.75) is 19.9 Å². The third-order valence-corrected chi connectivity index (χ3v) is 5.21. The number of methoxy groups -OCH3 is 1. The van der Waals surface area contributed by atoms with Gasteiger partial charge in [0, 0.05) is 63.6 Å². The molecule has 1 aromatic carbocycles. The molecule has 142 valence electrons. The molecule has 0 radical (unpaired) electrons. The van der Waals surface area contributed by atoms with E-state index in [9.17, 15) is 4.79 Å². The van der Waals surface area contributed by atoms with Gasteiger partial charge in [-0.2, -0.15) is 0 Å². The van der Waals surface area contributed by atoms with Crippen molar-refractivity contribution in [2.75, 3.05) is 58.9 Å². The molecular formula is C20H29N3O3. The standard InChI is InChI=1S/C18H23N3O2.C2H6O/c1-12-16(21-9-7-20(2)8-10-21)4-3-14-13-5-6-19-11-15(13)18(22)23-17(12)14;1-3-2/h3-4,19H,5-11H2,1-2H3;1-2H3. The second-order valence-corrected chi connectivity index (χ2v) is 7.06. The minimum atomic E-state index is -0.182.